The fourth-order valence-electron chi connectivity index (χ4n) is 5.61. The number of carboxylic acids is 1. The largest absolute Gasteiger partial charge is 0.474 e. The number of nitrogens with one attached hydrogen (secondary N) is 1. The molecule has 2 N–H and O–H groups in total. The van der Waals surface area contributed by atoms with Crippen LogP contribution in [0.2, 0.25) is 0 Å². The Balaban J connectivity index is 1.31. The molecule has 6 rings (SSSR count). The smallest absolute Gasteiger partial charge is 0.394 e. The van der Waals surface area contributed by atoms with E-state index in [1.807, 2.05) is 18.3 Å². The number of aromatic nitrogens is 4. The molecular weight excluding hydrogens is 456 g/mol. The molecule has 0 unspecified atom stereocenters. The van der Waals surface area contributed by atoms with Crippen molar-refractivity contribution in [2.45, 2.75) is 51.6 Å². The van der Waals surface area contributed by atoms with Crippen LogP contribution in [-0.2, 0) is 22.6 Å². The van der Waals surface area contributed by atoms with Gasteiger partial charge in [0, 0.05) is 48.2 Å². The van der Waals surface area contributed by atoms with Crippen LogP contribution in [0.4, 0.5) is 11.8 Å². The molecule has 0 spiro atoms. The molecule has 3 aromatic heterocycles. The number of fused-ring (bicyclic) bond motifs is 4. The van der Waals surface area contributed by atoms with Crippen LogP contribution in [0.25, 0.3) is 21.9 Å². The molecule has 2 aliphatic rings. The molecule has 1 saturated carbocycles. The lowest BCUT2D eigenvalue weighted by molar-refractivity contribution is -0.156. The first kappa shape index (κ1) is 22.5. The minimum atomic E-state index is -1.43. The first-order valence-corrected chi connectivity index (χ1v) is 12.5. The van der Waals surface area contributed by atoms with E-state index < -0.39 is 11.9 Å². The van der Waals surface area contributed by atoms with Crippen LogP contribution in [0.3, 0.4) is 0 Å². The van der Waals surface area contributed by atoms with E-state index >= 15 is 0 Å². The van der Waals surface area contributed by atoms with Crippen molar-refractivity contribution in [3.8, 4) is 0 Å². The van der Waals surface area contributed by atoms with E-state index in [0.29, 0.717) is 30.8 Å². The Hall–Kier alpha value is -4.01. The maximum Gasteiger partial charge on any atom is 0.394 e. The van der Waals surface area contributed by atoms with E-state index in [2.05, 4.69) is 46.1 Å². The van der Waals surface area contributed by atoms with Crippen LogP contribution >= 0.6 is 0 Å². The summed E-state index contributed by atoms with van der Waals surface area (Å²) in [5.41, 5.74) is 3.84. The average Bonchev–Trinajstić information content (AvgIpc) is 3.22. The summed E-state index contributed by atoms with van der Waals surface area (Å²) >= 11 is 0. The zero-order chi connectivity index (χ0) is 24.8. The number of amides is 1. The minimum Gasteiger partial charge on any atom is -0.474 e. The molecule has 1 fully saturated rings. The number of pyridine rings is 1. The van der Waals surface area contributed by atoms with Gasteiger partial charge in [0.05, 0.1) is 5.52 Å². The van der Waals surface area contributed by atoms with Gasteiger partial charge < -0.3 is 19.9 Å². The molecule has 1 aliphatic carbocycles. The van der Waals surface area contributed by atoms with E-state index in [4.69, 9.17) is 15.1 Å². The van der Waals surface area contributed by atoms with E-state index in [1.165, 1.54) is 28.6 Å². The number of rotatable bonds is 3. The number of carbonyl (C=O) groups excluding carboxylic acids is 1. The number of carboxylic acid groups (broad SMARTS) is 1. The number of anilines is 2. The van der Waals surface area contributed by atoms with Gasteiger partial charge >= 0.3 is 11.9 Å². The van der Waals surface area contributed by atoms with Crippen LogP contribution in [0.1, 0.15) is 49.9 Å². The standard InChI is InChI=1S/C27H28N6O3/c1-16-6-9-18(10-7-16)33-22-5-3-2-4-19(22)20-14-28-27(31-24(20)33)30-23-11-8-17-15-32(25(34)26(35)36)13-12-21(17)29-23/h2-5,8,11,14,16,18H,6-7,9-10,12-13,15H2,1H3,(H,35,36)(H,28,29,30,31). The summed E-state index contributed by atoms with van der Waals surface area (Å²) in [5, 5.41) is 14.5. The third-order valence-corrected chi connectivity index (χ3v) is 7.56. The molecular formula is C27H28N6O3. The van der Waals surface area contributed by atoms with Crippen molar-refractivity contribution in [3.05, 3.63) is 53.9 Å². The summed E-state index contributed by atoms with van der Waals surface area (Å²) in [5.74, 6) is -0.433. The summed E-state index contributed by atoms with van der Waals surface area (Å²) in [4.78, 5) is 38.4. The lowest BCUT2D eigenvalue weighted by Crippen LogP contribution is -2.40. The molecule has 9 heteroatoms. The molecule has 0 atom stereocenters. The van der Waals surface area contributed by atoms with Crippen molar-refractivity contribution in [1.82, 2.24) is 24.4 Å². The molecule has 184 valence electrons. The number of hydrogen-bond acceptors (Lipinski definition) is 6. The van der Waals surface area contributed by atoms with Crippen molar-refractivity contribution in [2.24, 2.45) is 5.92 Å². The number of benzene rings is 1. The fraction of sp³-hybridized carbons (Fsp3) is 0.370. The molecule has 1 amide bonds. The van der Waals surface area contributed by atoms with Crippen molar-refractivity contribution in [1.29, 1.82) is 0 Å². The minimum absolute atomic E-state index is 0.246. The van der Waals surface area contributed by atoms with Crippen molar-refractivity contribution in [3.63, 3.8) is 0 Å². The number of hydrogen-bond donors (Lipinski definition) is 2. The maximum atomic E-state index is 11.8. The van der Waals surface area contributed by atoms with Crippen molar-refractivity contribution < 1.29 is 14.7 Å². The molecule has 0 saturated heterocycles. The number of carbonyl (C=O) groups is 2. The predicted octanol–water partition coefficient (Wildman–Crippen LogP) is 4.44. The molecule has 0 radical (unpaired) electrons. The van der Waals surface area contributed by atoms with Gasteiger partial charge in [-0.2, -0.15) is 4.98 Å². The Kier molecular flexibility index (Phi) is 5.55. The van der Waals surface area contributed by atoms with Gasteiger partial charge in [-0.1, -0.05) is 31.2 Å². The van der Waals surface area contributed by atoms with Gasteiger partial charge in [0.25, 0.3) is 0 Å². The molecule has 36 heavy (non-hydrogen) atoms. The highest BCUT2D eigenvalue weighted by Gasteiger charge is 2.27. The second kappa shape index (κ2) is 8.89. The third kappa shape index (κ3) is 3.94. The Labute approximate surface area is 208 Å². The van der Waals surface area contributed by atoms with E-state index in [0.717, 1.165) is 41.1 Å². The second-order valence-electron chi connectivity index (χ2n) is 9.94. The Morgan fingerprint density at radius 3 is 2.64 bits per heavy atom. The molecule has 1 aromatic carbocycles. The maximum absolute atomic E-state index is 11.8. The van der Waals surface area contributed by atoms with Gasteiger partial charge in [-0.25, -0.2) is 14.8 Å². The summed E-state index contributed by atoms with van der Waals surface area (Å²) in [6.45, 7) is 2.91. The van der Waals surface area contributed by atoms with Crippen molar-refractivity contribution in [2.75, 3.05) is 11.9 Å². The summed E-state index contributed by atoms with van der Waals surface area (Å²) in [6, 6.07) is 12.6. The van der Waals surface area contributed by atoms with Gasteiger partial charge in [0.2, 0.25) is 5.95 Å². The molecule has 4 heterocycles. The normalized spacial score (nSPS) is 19.9. The zero-order valence-electron chi connectivity index (χ0n) is 20.1. The summed E-state index contributed by atoms with van der Waals surface area (Å²) < 4.78 is 2.40. The quantitative estimate of drug-likeness (QED) is 0.413. The van der Waals surface area contributed by atoms with Crippen LogP contribution in [0.5, 0.6) is 0 Å². The molecule has 4 aromatic rings. The molecule has 1 aliphatic heterocycles. The van der Waals surface area contributed by atoms with E-state index in [1.54, 1.807) is 0 Å². The SMILES string of the molecule is CC1CCC(n2c3ccccc3c3cnc(Nc4ccc5c(n4)CCN(C(=O)C(=O)O)C5)nc32)CC1. The predicted molar refractivity (Wildman–Crippen MR) is 136 cm³/mol. The van der Waals surface area contributed by atoms with Gasteiger partial charge in [-0.05, 0) is 49.3 Å². The lowest BCUT2D eigenvalue weighted by atomic mass is 9.87. The first-order valence-electron chi connectivity index (χ1n) is 12.5. The number of nitrogens with zero attached hydrogens (tertiary/aromatic N) is 5. The lowest BCUT2D eigenvalue weighted by Gasteiger charge is -2.28. The summed E-state index contributed by atoms with van der Waals surface area (Å²) in [6.07, 6.45) is 7.14. The van der Waals surface area contributed by atoms with Crippen LogP contribution in [0, 0.1) is 5.92 Å². The van der Waals surface area contributed by atoms with Gasteiger partial charge in [-0.3, -0.25) is 4.79 Å². The van der Waals surface area contributed by atoms with Crippen molar-refractivity contribution >= 4 is 45.6 Å². The highest BCUT2D eigenvalue weighted by molar-refractivity contribution is 6.31. The Bertz CT molecular complexity index is 1490. The monoisotopic (exact) mass is 484 g/mol. The van der Waals surface area contributed by atoms with Gasteiger partial charge in [0.15, 0.2) is 0 Å². The third-order valence-electron chi connectivity index (χ3n) is 7.56. The Morgan fingerprint density at radius 1 is 1.03 bits per heavy atom. The zero-order valence-corrected chi connectivity index (χ0v) is 20.1. The highest BCUT2D eigenvalue weighted by atomic mass is 16.4. The fourth-order valence-corrected chi connectivity index (χ4v) is 5.61. The van der Waals surface area contributed by atoms with Crippen LogP contribution in [-0.4, -0.2) is 47.9 Å². The van der Waals surface area contributed by atoms with Crippen LogP contribution < -0.4 is 5.32 Å². The van der Waals surface area contributed by atoms with Crippen LogP contribution in [0.15, 0.2) is 42.6 Å². The van der Waals surface area contributed by atoms with Gasteiger partial charge in [-0.15, -0.1) is 0 Å². The van der Waals surface area contributed by atoms with Gasteiger partial charge in [0.1, 0.15) is 11.5 Å². The average molecular weight is 485 g/mol. The van der Waals surface area contributed by atoms with E-state index in [9.17, 15) is 9.59 Å². The Morgan fingerprint density at radius 2 is 1.83 bits per heavy atom. The van der Waals surface area contributed by atoms with E-state index in [-0.39, 0.29) is 6.54 Å². The molecule has 0 bridgehead atoms. The second-order valence-corrected chi connectivity index (χ2v) is 9.94. The first-order chi connectivity index (χ1) is 17.5. The highest BCUT2D eigenvalue weighted by Crippen LogP contribution is 2.38. The number of aliphatic carboxylic acids is 1. The number of para-hydroxylation sites is 1. The molecule has 9 nitrogen and oxygen atoms in total. The summed E-state index contributed by atoms with van der Waals surface area (Å²) in [7, 11) is 0. The topological polar surface area (TPSA) is 113 Å².